The van der Waals surface area contributed by atoms with Crippen molar-refractivity contribution in [2.45, 2.75) is 17.8 Å². The Labute approximate surface area is 241 Å². The minimum absolute atomic E-state index is 0.0831. The van der Waals surface area contributed by atoms with Gasteiger partial charge in [-0.05, 0) is 36.4 Å². The van der Waals surface area contributed by atoms with Crippen molar-refractivity contribution in [2.75, 3.05) is 0 Å². The maximum absolute atomic E-state index is 17.1. The second-order valence-corrected chi connectivity index (χ2v) is 9.02. The third-order valence-corrected chi connectivity index (χ3v) is 6.36. The third kappa shape index (κ3) is 5.81. The smallest absolute Gasteiger partial charge is 0.457 e. The van der Waals surface area contributed by atoms with Crippen LogP contribution in [0.15, 0.2) is 97.1 Å². The largest absolute Gasteiger partial charge is 0.478 e. The van der Waals surface area contributed by atoms with Crippen LogP contribution in [0.3, 0.4) is 0 Å². The summed E-state index contributed by atoms with van der Waals surface area (Å²) < 4.78 is 89.8. The van der Waals surface area contributed by atoms with Crippen LogP contribution in [0, 0.1) is 23.7 Å². The standard InChI is InChI=1S/C33H18F6O4/c34-31(32(35,36)33(37,38)39,27-15-7-3-11-23(27)19-17-21-9-1-5-13-25(21)29(40)41)28-16-8-4-12-24(28)20-18-22-10-2-6-14-26(22)30(42)43/h1-16H,(H,40,41)(H,42,43). The summed E-state index contributed by atoms with van der Waals surface area (Å²) in [6, 6.07) is 18.9. The lowest BCUT2D eigenvalue weighted by Crippen LogP contribution is -2.53. The van der Waals surface area contributed by atoms with E-state index in [1.54, 1.807) is 0 Å². The number of carbonyl (C=O) groups is 2. The van der Waals surface area contributed by atoms with Crippen LogP contribution in [-0.2, 0) is 5.67 Å². The third-order valence-electron chi connectivity index (χ3n) is 6.36. The molecule has 0 fully saturated rings. The molecule has 0 aromatic heterocycles. The summed E-state index contributed by atoms with van der Waals surface area (Å²) in [4.78, 5) is 23.1. The number of halogens is 6. The van der Waals surface area contributed by atoms with E-state index in [1.165, 1.54) is 60.7 Å². The summed E-state index contributed by atoms with van der Waals surface area (Å²) in [6.45, 7) is 0. The van der Waals surface area contributed by atoms with Gasteiger partial charge in [-0.15, -0.1) is 0 Å². The Kier molecular flexibility index (Phi) is 8.36. The zero-order valence-corrected chi connectivity index (χ0v) is 21.7. The van der Waals surface area contributed by atoms with Crippen molar-refractivity contribution >= 4 is 11.9 Å². The Hall–Kier alpha value is -5.48. The van der Waals surface area contributed by atoms with E-state index in [1.807, 2.05) is 0 Å². The minimum atomic E-state index is -6.38. The number of rotatable bonds is 5. The predicted molar refractivity (Wildman–Crippen MR) is 145 cm³/mol. The first-order valence-corrected chi connectivity index (χ1v) is 12.3. The molecular weight excluding hydrogens is 574 g/mol. The molecule has 0 spiro atoms. The minimum Gasteiger partial charge on any atom is -0.478 e. The first-order valence-electron chi connectivity index (χ1n) is 12.3. The van der Waals surface area contributed by atoms with Crippen LogP contribution >= 0.6 is 0 Å². The molecule has 10 heteroatoms. The van der Waals surface area contributed by atoms with Gasteiger partial charge in [0.05, 0.1) is 11.1 Å². The second kappa shape index (κ2) is 11.8. The molecular formula is C33H18F6O4. The lowest BCUT2D eigenvalue weighted by Gasteiger charge is -2.36. The molecule has 0 amide bonds. The van der Waals surface area contributed by atoms with Crippen molar-refractivity contribution in [3.05, 3.63) is 142 Å². The van der Waals surface area contributed by atoms with Crippen LogP contribution in [0.5, 0.6) is 0 Å². The highest BCUT2D eigenvalue weighted by Gasteiger charge is 2.73. The lowest BCUT2D eigenvalue weighted by molar-refractivity contribution is -0.323. The molecule has 4 nitrogen and oxygen atoms in total. The van der Waals surface area contributed by atoms with Gasteiger partial charge in [-0.3, -0.25) is 0 Å². The quantitative estimate of drug-likeness (QED) is 0.189. The average molecular weight is 592 g/mol. The summed E-state index contributed by atoms with van der Waals surface area (Å²) in [5, 5.41) is 18.8. The maximum atomic E-state index is 17.1. The van der Waals surface area contributed by atoms with Crippen LogP contribution in [0.4, 0.5) is 26.3 Å². The molecule has 0 saturated carbocycles. The van der Waals surface area contributed by atoms with Gasteiger partial charge in [0.1, 0.15) is 0 Å². The summed E-state index contributed by atoms with van der Waals surface area (Å²) in [5.74, 6) is 0.858. The zero-order valence-electron chi connectivity index (χ0n) is 21.7. The molecule has 0 bridgehead atoms. The monoisotopic (exact) mass is 592 g/mol. The fraction of sp³-hybridized carbons (Fsp3) is 0.0909. The number of hydrogen-bond donors (Lipinski definition) is 2. The molecule has 0 atom stereocenters. The van der Waals surface area contributed by atoms with Crippen LogP contribution in [0.25, 0.3) is 0 Å². The number of carboxylic acids is 2. The highest BCUT2D eigenvalue weighted by molar-refractivity contribution is 5.91. The Balaban J connectivity index is 2.00. The number of carboxylic acid groups (broad SMARTS) is 2. The van der Waals surface area contributed by atoms with E-state index >= 15 is 13.2 Å². The van der Waals surface area contributed by atoms with Crippen molar-refractivity contribution in [3.8, 4) is 23.7 Å². The van der Waals surface area contributed by atoms with Crippen molar-refractivity contribution in [1.29, 1.82) is 0 Å². The molecule has 216 valence electrons. The normalized spacial score (nSPS) is 11.5. The summed E-state index contributed by atoms with van der Waals surface area (Å²) in [5.41, 5.74) is -8.68. The van der Waals surface area contributed by atoms with E-state index in [9.17, 15) is 33.0 Å². The van der Waals surface area contributed by atoms with Crippen molar-refractivity contribution in [3.63, 3.8) is 0 Å². The molecule has 0 heterocycles. The van der Waals surface area contributed by atoms with E-state index in [0.29, 0.717) is 0 Å². The van der Waals surface area contributed by atoms with Gasteiger partial charge in [-0.2, -0.15) is 22.0 Å². The molecule has 0 radical (unpaired) electrons. The maximum Gasteiger partial charge on any atom is 0.457 e. The van der Waals surface area contributed by atoms with Gasteiger partial charge < -0.3 is 10.2 Å². The van der Waals surface area contributed by atoms with Crippen molar-refractivity contribution < 1.29 is 46.1 Å². The molecule has 0 aliphatic rings. The highest BCUT2D eigenvalue weighted by atomic mass is 19.4. The van der Waals surface area contributed by atoms with Crippen LogP contribution in [0.2, 0.25) is 0 Å². The van der Waals surface area contributed by atoms with Gasteiger partial charge in [0.2, 0.25) is 5.67 Å². The molecule has 0 aliphatic carbocycles. The number of benzene rings is 4. The van der Waals surface area contributed by atoms with Gasteiger partial charge in [0.25, 0.3) is 0 Å². The fourth-order valence-electron chi connectivity index (χ4n) is 4.29. The van der Waals surface area contributed by atoms with Gasteiger partial charge in [0, 0.05) is 33.4 Å². The van der Waals surface area contributed by atoms with Crippen molar-refractivity contribution in [2.24, 2.45) is 0 Å². The molecule has 2 N–H and O–H groups in total. The number of hydrogen-bond acceptors (Lipinski definition) is 2. The Bertz CT molecular complexity index is 1720. The first kappa shape index (κ1) is 30.5. The Morgan fingerprint density at radius 2 is 0.791 bits per heavy atom. The molecule has 4 aromatic rings. The van der Waals surface area contributed by atoms with Crippen LogP contribution in [-0.4, -0.2) is 34.3 Å². The Morgan fingerprint density at radius 3 is 1.14 bits per heavy atom. The number of alkyl halides is 6. The van der Waals surface area contributed by atoms with E-state index < -0.39 is 52.0 Å². The summed E-state index contributed by atoms with van der Waals surface area (Å²) >= 11 is 0. The predicted octanol–water partition coefficient (Wildman–Crippen LogP) is 7.29. The lowest BCUT2D eigenvalue weighted by atomic mass is 9.78. The van der Waals surface area contributed by atoms with Crippen LogP contribution in [0.1, 0.15) is 54.1 Å². The van der Waals surface area contributed by atoms with E-state index in [2.05, 4.69) is 23.7 Å². The van der Waals surface area contributed by atoms with Gasteiger partial charge in [0.15, 0.2) is 0 Å². The van der Waals surface area contributed by atoms with Gasteiger partial charge >= 0.3 is 24.0 Å². The first-order chi connectivity index (χ1) is 20.3. The SMILES string of the molecule is O=C(O)c1ccccc1C#Cc1ccccc1C(F)(c1ccccc1C#Cc1ccccc1C(=O)O)C(F)(F)C(F)(F)F. The van der Waals surface area contributed by atoms with Crippen molar-refractivity contribution in [1.82, 2.24) is 0 Å². The summed E-state index contributed by atoms with van der Waals surface area (Å²) in [7, 11) is 0. The molecule has 4 rings (SSSR count). The van der Waals surface area contributed by atoms with Gasteiger partial charge in [-0.25, -0.2) is 14.0 Å². The van der Waals surface area contributed by atoms with Crippen LogP contribution < -0.4 is 0 Å². The molecule has 0 aliphatic heterocycles. The molecule has 0 unspecified atom stereocenters. The number of aromatic carboxylic acids is 2. The molecule has 0 saturated heterocycles. The van der Waals surface area contributed by atoms with E-state index in [-0.39, 0.29) is 22.3 Å². The van der Waals surface area contributed by atoms with E-state index in [0.717, 1.165) is 36.4 Å². The summed E-state index contributed by atoms with van der Waals surface area (Å²) in [6.07, 6.45) is -6.38. The zero-order chi connectivity index (χ0) is 31.4. The Morgan fingerprint density at radius 1 is 0.488 bits per heavy atom. The van der Waals surface area contributed by atoms with Gasteiger partial charge in [-0.1, -0.05) is 84.3 Å². The fourth-order valence-corrected chi connectivity index (χ4v) is 4.29. The second-order valence-electron chi connectivity index (χ2n) is 9.02. The van der Waals surface area contributed by atoms with E-state index in [4.69, 9.17) is 0 Å². The highest BCUT2D eigenvalue weighted by Crippen LogP contribution is 2.55. The molecule has 4 aromatic carbocycles. The topological polar surface area (TPSA) is 74.6 Å². The molecule has 43 heavy (non-hydrogen) atoms. The average Bonchev–Trinajstić information content (AvgIpc) is 2.98.